The fraction of sp³-hybridized carbons (Fsp3) is 1.00. The Labute approximate surface area is 86.8 Å². The predicted molar refractivity (Wildman–Crippen MR) is 58.0 cm³/mol. The van der Waals surface area contributed by atoms with Gasteiger partial charge in [0, 0.05) is 0 Å². The number of hydrogen-bond donors (Lipinski definition) is 2. The van der Waals surface area contributed by atoms with Gasteiger partial charge in [0.15, 0.2) is 0 Å². The van der Waals surface area contributed by atoms with Gasteiger partial charge < -0.3 is 5.32 Å². The minimum Gasteiger partial charge on any atom is -0.317 e. The van der Waals surface area contributed by atoms with E-state index in [0.29, 0.717) is 18.4 Å². The minimum absolute atomic E-state index is 0.157. The lowest BCUT2D eigenvalue weighted by Crippen LogP contribution is -2.23. The van der Waals surface area contributed by atoms with E-state index in [2.05, 4.69) is 26.1 Å². The van der Waals surface area contributed by atoms with Gasteiger partial charge in [-0.05, 0) is 31.3 Å². The first kappa shape index (κ1) is 13.9. The molecule has 0 rings (SSSR count). The highest BCUT2D eigenvalue weighted by Crippen LogP contribution is 2.16. The minimum atomic E-state index is -3.78. The maximum atomic E-state index is 10.4. The van der Waals surface area contributed by atoms with Gasteiger partial charge in [-0.1, -0.05) is 20.8 Å². The summed E-state index contributed by atoms with van der Waals surface area (Å²) < 4.78 is 29.1. The summed E-state index contributed by atoms with van der Waals surface area (Å²) in [7, 11) is -3.78. The van der Waals surface area contributed by atoms with Gasteiger partial charge in [0.2, 0.25) is 0 Å². The number of rotatable bonds is 6. The standard InChI is InChI=1S/C9H21NO3S/c1-9(2,3)5-7-10-6-4-8-14(11,12)13/h10H,4-8H2,1-3H3,(H,11,12,13). The number of hydrogen-bond acceptors (Lipinski definition) is 3. The van der Waals surface area contributed by atoms with Crippen LogP contribution in [0, 0.1) is 5.41 Å². The molecule has 0 aromatic heterocycles. The van der Waals surface area contributed by atoms with Crippen LogP contribution in [0.2, 0.25) is 0 Å². The molecule has 0 aliphatic heterocycles. The molecule has 0 saturated heterocycles. The van der Waals surface area contributed by atoms with E-state index in [1.54, 1.807) is 0 Å². The van der Waals surface area contributed by atoms with Crippen LogP contribution in [0.1, 0.15) is 33.6 Å². The molecule has 0 aliphatic carbocycles. The average Bonchev–Trinajstić information content (AvgIpc) is 1.92. The summed E-state index contributed by atoms with van der Waals surface area (Å²) in [5.74, 6) is -0.157. The summed E-state index contributed by atoms with van der Waals surface area (Å²) in [5.41, 5.74) is 0.302. The molecule has 2 N–H and O–H groups in total. The molecule has 0 bridgehead atoms. The van der Waals surface area contributed by atoms with Crippen LogP contribution in [0.4, 0.5) is 0 Å². The molecule has 0 aliphatic rings. The average molecular weight is 223 g/mol. The Morgan fingerprint density at radius 2 is 1.79 bits per heavy atom. The van der Waals surface area contributed by atoms with Gasteiger partial charge in [-0.3, -0.25) is 4.55 Å². The van der Waals surface area contributed by atoms with Crippen molar-refractivity contribution >= 4 is 10.1 Å². The van der Waals surface area contributed by atoms with Crippen LogP contribution in [0.5, 0.6) is 0 Å². The Hall–Kier alpha value is -0.130. The van der Waals surface area contributed by atoms with Gasteiger partial charge in [0.05, 0.1) is 5.75 Å². The fourth-order valence-electron chi connectivity index (χ4n) is 0.968. The molecule has 0 amide bonds. The first-order valence-electron chi connectivity index (χ1n) is 4.87. The van der Waals surface area contributed by atoms with Crippen molar-refractivity contribution < 1.29 is 13.0 Å². The number of nitrogens with one attached hydrogen (secondary N) is 1. The van der Waals surface area contributed by atoms with Crippen molar-refractivity contribution in [3.05, 3.63) is 0 Å². The lowest BCUT2D eigenvalue weighted by atomic mass is 9.92. The third kappa shape index (κ3) is 11.9. The second-order valence-corrected chi connectivity index (χ2v) is 6.27. The molecule has 0 saturated carbocycles. The Morgan fingerprint density at radius 3 is 2.21 bits per heavy atom. The topological polar surface area (TPSA) is 66.4 Å². The summed E-state index contributed by atoms with van der Waals surface area (Å²) in [6.07, 6.45) is 1.52. The van der Waals surface area contributed by atoms with Crippen LogP contribution in [0.15, 0.2) is 0 Å². The van der Waals surface area contributed by atoms with Crippen molar-refractivity contribution in [2.24, 2.45) is 5.41 Å². The summed E-state index contributed by atoms with van der Waals surface area (Å²) >= 11 is 0. The van der Waals surface area contributed by atoms with Gasteiger partial charge >= 0.3 is 0 Å². The van der Waals surface area contributed by atoms with E-state index < -0.39 is 10.1 Å². The van der Waals surface area contributed by atoms with Crippen LogP contribution in [-0.4, -0.2) is 31.8 Å². The molecule has 0 radical (unpaired) electrons. The Kier molecular flexibility index (Phi) is 5.63. The maximum Gasteiger partial charge on any atom is 0.264 e. The molecular formula is C9H21NO3S. The maximum absolute atomic E-state index is 10.4. The van der Waals surface area contributed by atoms with Crippen LogP contribution in [0.25, 0.3) is 0 Å². The normalized spacial score (nSPS) is 13.1. The van der Waals surface area contributed by atoms with Crippen molar-refractivity contribution in [3.8, 4) is 0 Å². The van der Waals surface area contributed by atoms with Crippen LogP contribution < -0.4 is 5.32 Å². The molecule has 0 aromatic rings. The molecule has 0 unspecified atom stereocenters. The molecule has 0 spiro atoms. The van der Waals surface area contributed by atoms with E-state index in [9.17, 15) is 8.42 Å². The summed E-state index contributed by atoms with van der Waals surface area (Å²) in [5, 5.41) is 3.14. The first-order chi connectivity index (χ1) is 6.21. The molecule has 0 fully saturated rings. The van der Waals surface area contributed by atoms with Crippen LogP contribution >= 0.6 is 0 Å². The zero-order valence-corrected chi connectivity index (χ0v) is 10.0. The summed E-state index contributed by atoms with van der Waals surface area (Å²) in [6, 6.07) is 0. The first-order valence-corrected chi connectivity index (χ1v) is 6.47. The van der Waals surface area contributed by atoms with Crippen molar-refractivity contribution in [1.82, 2.24) is 5.32 Å². The van der Waals surface area contributed by atoms with Crippen molar-refractivity contribution in [2.45, 2.75) is 33.6 Å². The lowest BCUT2D eigenvalue weighted by molar-refractivity contribution is 0.367. The van der Waals surface area contributed by atoms with Crippen LogP contribution in [-0.2, 0) is 10.1 Å². The zero-order chi connectivity index (χ0) is 11.2. The van der Waals surface area contributed by atoms with Gasteiger partial charge in [-0.2, -0.15) is 8.42 Å². The monoisotopic (exact) mass is 223 g/mol. The lowest BCUT2D eigenvalue weighted by Gasteiger charge is -2.17. The highest BCUT2D eigenvalue weighted by molar-refractivity contribution is 7.85. The molecule has 0 aromatic carbocycles. The van der Waals surface area contributed by atoms with Crippen molar-refractivity contribution in [1.29, 1.82) is 0 Å². The van der Waals surface area contributed by atoms with E-state index in [4.69, 9.17) is 4.55 Å². The van der Waals surface area contributed by atoms with Crippen LogP contribution in [0.3, 0.4) is 0 Å². The van der Waals surface area contributed by atoms with Gasteiger partial charge in [-0.15, -0.1) is 0 Å². The SMILES string of the molecule is CC(C)(C)CCNCCCS(=O)(=O)O. The van der Waals surface area contributed by atoms with E-state index in [1.165, 1.54) is 0 Å². The summed E-state index contributed by atoms with van der Waals surface area (Å²) in [6.45, 7) is 8.00. The largest absolute Gasteiger partial charge is 0.317 e. The molecule has 14 heavy (non-hydrogen) atoms. The van der Waals surface area contributed by atoms with E-state index in [1.807, 2.05) is 0 Å². The highest BCUT2D eigenvalue weighted by atomic mass is 32.2. The molecule has 86 valence electrons. The third-order valence-electron chi connectivity index (χ3n) is 1.81. The quantitative estimate of drug-likeness (QED) is 0.526. The molecule has 5 heteroatoms. The van der Waals surface area contributed by atoms with Gasteiger partial charge in [0.25, 0.3) is 10.1 Å². The predicted octanol–water partition coefficient (Wildman–Crippen LogP) is 1.29. The third-order valence-corrected chi connectivity index (χ3v) is 2.61. The second kappa shape index (κ2) is 5.68. The van der Waals surface area contributed by atoms with Gasteiger partial charge in [-0.25, -0.2) is 0 Å². The zero-order valence-electron chi connectivity index (χ0n) is 9.21. The smallest absolute Gasteiger partial charge is 0.264 e. The highest BCUT2D eigenvalue weighted by Gasteiger charge is 2.08. The van der Waals surface area contributed by atoms with E-state index >= 15 is 0 Å². The second-order valence-electron chi connectivity index (χ2n) is 4.70. The molecule has 0 heterocycles. The van der Waals surface area contributed by atoms with Gasteiger partial charge in [0.1, 0.15) is 0 Å². The fourth-order valence-corrected chi connectivity index (χ4v) is 1.48. The van der Waals surface area contributed by atoms with E-state index in [0.717, 1.165) is 13.0 Å². The Balaban J connectivity index is 3.32. The molecule has 4 nitrogen and oxygen atoms in total. The van der Waals surface area contributed by atoms with Crippen molar-refractivity contribution in [3.63, 3.8) is 0 Å². The molecule has 0 atom stereocenters. The Bertz CT molecular complexity index is 241. The van der Waals surface area contributed by atoms with Crippen molar-refractivity contribution in [2.75, 3.05) is 18.8 Å². The van der Waals surface area contributed by atoms with E-state index in [-0.39, 0.29) is 5.75 Å². The Morgan fingerprint density at radius 1 is 1.21 bits per heavy atom. The molecular weight excluding hydrogens is 202 g/mol. The summed E-state index contributed by atoms with van der Waals surface area (Å²) in [4.78, 5) is 0.